The van der Waals surface area contributed by atoms with Crippen molar-refractivity contribution in [3.8, 4) is 5.75 Å². The highest BCUT2D eigenvalue weighted by atomic mass is 35.5. The lowest BCUT2D eigenvalue weighted by atomic mass is 10.0. The van der Waals surface area contributed by atoms with E-state index in [4.69, 9.17) is 16.3 Å². The lowest BCUT2D eigenvalue weighted by molar-refractivity contribution is -0.137. The number of imide groups is 1. The van der Waals surface area contributed by atoms with E-state index < -0.39 is 24.9 Å². The maximum Gasteiger partial charge on any atom is 0.330 e. The summed E-state index contributed by atoms with van der Waals surface area (Å²) in [4.78, 5) is 54.5. The molecule has 2 fully saturated rings. The van der Waals surface area contributed by atoms with Gasteiger partial charge in [-0.1, -0.05) is 29.8 Å². The molecule has 16 heteroatoms. The van der Waals surface area contributed by atoms with Gasteiger partial charge in [-0.3, -0.25) is 24.7 Å². The third-order valence-electron chi connectivity index (χ3n) is 8.90. The number of halogens is 1. The van der Waals surface area contributed by atoms with Crippen LogP contribution in [0.3, 0.4) is 0 Å². The van der Waals surface area contributed by atoms with Crippen LogP contribution in [-0.2, 0) is 20.7 Å². The molecule has 0 saturated carbocycles. The summed E-state index contributed by atoms with van der Waals surface area (Å²) in [6.07, 6.45) is 5.11. The number of amides is 3. The van der Waals surface area contributed by atoms with Crippen LogP contribution < -0.4 is 35.8 Å². The lowest BCUT2D eigenvalue weighted by Gasteiger charge is -2.38. The van der Waals surface area contributed by atoms with Gasteiger partial charge in [0.2, 0.25) is 11.7 Å². The molecular formula is C35H39ClN9O5P. The molecule has 2 aromatic heterocycles. The van der Waals surface area contributed by atoms with Crippen molar-refractivity contribution >= 4 is 76.4 Å². The fraction of sp³-hybridized carbons (Fsp3) is 0.314. The van der Waals surface area contributed by atoms with Crippen LogP contribution in [0.2, 0.25) is 5.02 Å². The maximum atomic E-state index is 12.9. The van der Waals surface area contributed by atoms with Crippen LogP contribution >= 0.6 is 18.7 Å². The zero-order valence-electron chi connectivity index (χ0n) is 28.7. The first-order chi connectivity index (χ1) is 24.4. The lowest BCUT2D eigenvalue weighted by Crippen LogP contribution is -2.55. The number of piperidine rings is 1. The standard InChI is InChI=1S/C35H39ClN9O5P/c1-43(20-22-9-12-31(37-18-22)45-21-28(46)33(47)42-35(45)48)23-13-15-44(16-14-23)24-10-11-26(29(17-24)50-2)40-34-38-19-25(36)32(41-34)39-27-7-5-6-8-30(27)51(3,4)49/h5-12,17-19,23H,13-16,20-21H2,1-4H3,(H,42,47,48)(H2,38,39,40,41). The third kappa shape index (κ3) is 8.30. The molecule has 51 heavy (non-hydrogen) atoms. The molecule has 0 radical (unpaired) electrons. The van der Waals surface area contributed by atoms with E-state index >= 15 is 0 Å². The predicted molar refractivity (Wildman–Crippen MR) is 199 cm³/mol. The topological polar surface area (TPSA) is 162 Å². The quantitative estimate of drug-likeness (QED) is 0.140. The Bertz CT molecular complexity index is 2000. The van der Waals surface area contributed by atoms with E-state index in [-0.39, 0.29) is 6.54 Å². The second kappa shape index (κ2) is 15.1. The minimum Gasteiger partial charge on any atom is -0.494 e. The van der Waals surface area contributed by atoms with Crippen molar-refractivity contribution in [3.05, 3.63) is 77.6 Å². The van der Waals surface area contributed by atoms with Gasteiger partial charge < -0.3 is 24.8 Å². The second-order valence-corrected chi connectivity index (χ2v) is 16.4. The Morgan fingerprint density at radius 1 is 1.00 bits per heavy atom. The number of Topliss-reactive ketones (excluding diaryl/α,β-unsaturated/α-hetero) is 1. The van der Waals surface area contributed by atoms with Crippen molar-refractivity contribution in [1.29, 1.82) is 0 Å². The van der Waals surface area contributed by atoms with Gasteiger partial charge in [-0.05, 0) is 69.1 Å². The first-order valence-electron chi connectivity index (χ1n) is 16.3. The molecule has 0 bridgehead atoms. The molecule has 3 amide bonds. The van der Waals surface area contributed by atoms with Crippen molar-refractivity contribution in [2.45, 2.75) is 25.4 Å². The minimum atomic E-state index is -2.55. The first-order valence-corrected chi connectivity index (χ1v) is 19.3. The first kappa shape index (κ1) is 35.8. The van der Waals surface area contributed by atoms with E-state index in [1.54, 1.807) is 32.7 Å². The molecule has 2 aliphatic rings. The van der Waals surface area contributed by atoms with Gasteiger partial charge >= 0.3 is 6.03 Å². The summed E-state index contributed by atoms with van der Waals surface area (Å²) in [5, 5.41) is 9.53. The average Bonchev–Trinajstić information content (AvgIpc) is 3.11. The number of carbonyl (C=O) groups excluding carboxylic acids is 3. The van der Waals surface area contributed by atoms with Crippen LogP contribution in [0, 0.1) is 0 Å². The SMILES string of the molecule is COc1cc(N2CCC(N(C)Cc3ccc(N4CC(=O)C(=O)NC4=O)nc3)CC2)ccc1Nc1ncc(Cl)c(Nc2ccccc2P(C)(C)=O)n1. The number of nitrogens with one attached hydrogen (secondary N) is 3. The number of para-hydroxylation sites is 1. The summed E-state index contributed by atoms with van der Waals surface area (Å²) in [5.41, 5.74) is 3.38. The number of carbonyl (C=O) groups is 3. The van der Waals surface area contributed by atoms with Gasteiger partial charge in [0.1, 0.15) is 23.7 Å². The van der Waals surface area contributed by atoms with Gasteiger partial charge in [0.15, 0.2) is 5.82 Å². The van der Waals surface area contributed by atoms with Crippen LogP contribution in [-0.4, -0.2) is 90.7 Å². The second-order valence-electron chi connectivity index (χ2n) is 12.8. The summed E-state index contributed by atoms with van der Waals surface area (Å²) in [6, 6.07) is 16.6. The maximum absolute atomic E-state index is 12.9. The highest BCUT2D eigenvalue weighted by Crippen LogP contribution is 2.39. The number of hydrogen-bond acceptors (Lipinski definition) is 12. The highest BCUT2D eigenvalue weighted by molar-refractivity contribution is 7.70. The van der Waals surface area contributed by atoms with Crippen molar-refractivity contribution in [1.82, 2.24) is 25.2 Å². The molecule has 14 nitrogen and oxygen atoms in total. The Hall–Kier alpha value is -5.04. The Morgan fingerprint density at radius 2 is 1.76 bits per heavy atom. The summed E-state index contributed by atoms with van der Waals surface area (Å²) >= 11 is 6.44. The van der Waals surface area contributed by atoms with Crippen LogP contribution in [0.1, 0.15) is 18.4 Å². The van der Waals surface area contributed by atoms with Gasteiger partial charge in [-0.15, -0.1) is 0 Å². The number of ketones is 1. The van der Waals surface area contributed by atoms with Crippen LogP contribution in [0.15, 0.2) is 67.0 Å². The van der Waals surface area contributed by atoms with Crippen molar-refractivity contribution < 1.29 is 23.7 Å². The predicted octanol–water partition coefficient (Wildman–Crippen LogP) is 4.99. The molecular weight excluding hydrogens is 693 g/mol. The summed E-state index contributed by atoms with van der Waals surface area (Å²) in [7, 11) is 1.16. The fourth-order valence-corrected chi connectivity index (χ4v) is 7.44. The molecule has 4 aromatic rings. The van der Waals surface area contributed by atoms with E-state index in [9.17, 15) is 18.9 Å². The fourth-order valence-electron chi connectivity index (χ4n) is 6.15. The third-order valence-corrected chi connectivity index (χ3v) is 10.7. The van der Waals surface area contributed by atoms with E-state index in [0.29, 0.717) is 57.6 Å². The number of urea groups is 1. The molecule has 0 unspecified atom stereocenters. The van der Waals surface area contributed by atoms with Crippen LogP contribution in [0.4, 0.5) is 39.4 Å². The molecule has 266 valence electrons. The molecule has 2 saturated heterocycles. The summed E-state index contributed by atoms with van der Waals surface area (Å²) in [6.45, 7) is 5.51. The molecule has 6 rings (SSSR count). The van der Waals surface area contributed by atoms with E-state index in [0.717, 1.165) is 42.1 Å². The number of methoxy groups -OCH3 is 1. The molecule has 4 heterocycles. The number of pyridine rings is 1. The molecule has 3 N–H and O–H groups in total. The summed E-state index contributed by atoms with van der Waals surface area (Å²) < 4.78 is 18.6. The molecule has 0 aliphatic carbocycles. The van der Waals surface area contributed by atoms with Gasteiger partial charge in [0.25, 0.3) is 5.91 Å². The molecule has 0 spiro atoms. The van der Waals surface area contributed by atoms with Gasteiger partial charge in [-0.25, -0.2) is 14.8 Å². The zero-order valence-corrected chi connectivity index (χ0v) is 30.4. The van der Waals surface area contributed by atoms with Crippen molar-refractivity contribution in [3.63, 3.8) is 0 Å². The number of hydrogen-bond donors (Lipinski definition) is 3. The number of aromatic nitrogens is 3. The van der Waals surface area contributed by atoms with E-state index in [2.05, 4.69) is 42.4 Å². The van der Waals surface area contributed by atoms with Gasteiger partial charge in [0, 0.05) is 48.9 Å². The smallest absolute Gasteiger partial charge is 0.330 e. The number of ether oxygens (including phenoxy) is 1. The number of anilines is 6. The van der Waals surface area contributed by atoms with E-state index in [1.807, 2.05) is 53.8 Å². The molecule has 2 aromatic carbocycles. The van der Waals surface area contributed by atoms with Gasteiger partial charge in [0.05, 0.1) is 31.2 Å². The minimum absolute atomic E-state index is 0.315. The molecule has 0 atom stereocenters. The van der Waals surface area contributed by atoms with Crippen LogP contribution in [0.5, 0.6) is 5.75 Å². The molecule has 2 aliphatic heterocycles. The Labute approximate surface area is 300 Å². The largest absolute Gasteiger partial charge is 0.494 e. The number of nitrogens with zero attached hydrogens (tertiary/aromatic N) is 6. The number of benzene rings is 2. The Kier molecular flexibility index (Phi) is 10.6. The van der Waals surface area contributed by atoms with Crippen LogP contribution in [0.25, 0.3) is 0 Å². The van der Waals surface area contributed by atoms with Gasteiger partial charge in [-0.2, -0.15) is 4.98 Å². The average molecular weight is 732 g/mol. The zero-order chi connectivity index (χ0) is 36.3. The summed E-state index contributed by atoms with van der Waals surface area (Å²) in [5.74, 6) is 0.0762. The van der Waals surface area contributed by atoms with E-state index in [1.165, 1.54) is 6.20 Å². The number of rotatable bonds is 11. The Balaban J connectivity index is 1.05. The monoisotopic (exact) mass is 731 g/mol. The Morgan fingerprint density at radius 3 is 2.47 bits per heavy atom. The van der Waals surface area contributed by atoms with Crippen molar-refractivity contribution in [2.75, 3.05) is 67.6 Å². The highest BCUT2D eigenvalue weighted by Gasteiger charge is 2.32. The normalized spacial score (nSPS) is 15.6. The van der Waals surface area contributed by atoms with Crippen molar-refractivity contribution in [2.24, 2.45) is 0 Å².